The van der Waals surface area contributed by atoms with Gasteiger partial charge < -0.3 is 5.32 Å². The molecular formula is C6H9ClN2O2. The standard InChI is InChI=1S/C6H9ClN2O2/c1-4-5(10)9(3-2-7)6(11)8-4/h4H,2-3H2,1H3,(H,8,11)/t4-/m1/s1. The molecule has 0 aliphatic carbocycles. The zero-order valence-corrected chi connectivity index (χ0v) is 6.89. The van der Waals surface area contributed by atoms with Crippen molar-refractivity contribution < 1.29 is 9.59 Å². The Morgan fingerprint density at radius 3 is 2.64 bits per heavy atom. The molecule has 62 valence electrons. The number of hydrogen-bond acceptors (Lipinski definition) is 2. The molecule has 1 saturated heterocycles. The van der Waals surface area contributed by atoms with Gasteiger partial charge in [-0.1, -0.05) is 0 Å². The van der Waals surface area contributed by atoms with Crippen molar-refractivity contribution in [2.45, 2.75) is 13.0 Å². The van der Waals surface area contributed by atoms with Crippen molar-refractivity contribution in [3.63, 3.8) is 0 Å². The summed E-state index contributed by atoms with van der Waals surface area (Å²) in [5.74, 6) is 0.0851. The van der Waals surface area contributed by atoms with Crippen molar-refractivity contribution in [3.8, 4) is 0 Å². The zero-order valence-electron chi connectivity index (χ0n) is 6.13. The molecule has 0 unspecified atom stereocenters. The molecule has 3 amide bonds. The molecule has 0 bridgehead atoms. The van der Waals surface area contributed by atoms with Gasteiger partial charge in [-0.15, -0.1) is 11.6 Å². The van der Waals surface area contributed by atoms with Gasteiger partial charge in [-0.2, -0.15) is 0 Å². The van der Waals surface area contributed by atoms with Gasteiger partial charge in [0, 0.05) is 12.4 Å². The van der Waals surface area contributed by atoms with E-state index in [1.54, 1.807) is 6.92 Å². The number of carbonyl (C=O) groups excluding carboxylic acids is 2. The second-order valence-electron chi connectivity index (χ2n) is 2.35. The van der Waals surface area contributed by atoms with E-state index >= 15 is 0 Å². The summed E-state index contributed by atoms with van der Waals surface area (Å²) in [5, 5.41) is 2.48. The van der Waals surface area contributed by atoms with Crippen LogP contribution >= 0.6 is 11.6 Å². The molecule has 4 nitrogen and oxygen atoms in total. The average Bonchev–Trinajstić information content (AvgIpc) is 2.17. The highest BCUT2D eigenvalue weighted by molar-refractivity contribution is 6.18. The molecule has 0 saturated carbocycles. The van der Waals surface area contributed by atoms with Crippen LogP contribution in [0.2, 0.25) is 0 Å². The van der Waals surface area contributed by atoms with E-state index in [-0.39, 0.29) is 24.4 Å². The van der Waals surface area contributed by atoms with E-state index in [2.05, 4.69) is 5.32 Å². The number of amides is 3. The topological polar surface area (TPSA) is 49.4 Å². The number of imide groups is 1. The van der Waals surface area contributed by atoms with Crippen LogP contribution in [0.25, 0.3) is 0 Å². The summed E-state index contributed by atoms with van der Waals surface area (Å²) in [6.45, 7) is 1.94. The third-order valence-corrected chi connectivity index (χ3v) is 1.70. The first kappa shape index (κ1) is 8.33. The number of alkyl halides is 1. The molecule has 0 radical (unpaired) electrons. The van der Waals surface area contributed by atoms with Crippen LogP contribution in [0, 0.1) is 0 Å². The fraction of sp³-hybridized carbons (Fsp3) is 0.667. The first-order chi connectivity index (χ1) is 5.16. The second kappa shape index (κ2) is 3.09. The molecule has 0 aromatic carbocycles. The first-order valence-electron chi connectivity index (χ1n) is 3.34. The Hall–Kier alpha value is -0.770. The Morgan fingerprint density at radius 2 is 2.27 bits per heavy atom. The number of carbonyl (C=O) groups is 2. The number of hydrogen-bond donors (Lipinski definition) is 1. The lowest BCUT2D eigenvalue weighted by Crippen LogP contribution is -2.32. The van der Waals surface area contributed by atoms with Gasteiger partial charge in [0.15, 0.2) is 0 Å². The van der Waals surface area contributed by atoms with Gasteiger partial charge >= 0.3 is 6.03 Å². The zero-order chi connectivity index (χ0) is 8.43. The van der Waals surface area contributed by atoms with Gasteiger partial charge in [-0.3, -0.25) is 9.69 Å². The first-order valence-corrected chi connectivity index (χ1v) is 3.88. The minimum Gasteiger partial charge on any atom is -0.326 e. The Bertz CT molecular complexity index is 195. The Labute approximate surface area is 69.5 Å². The lowest BCUT2D eigenvalue weighted by Gasteiger charge is -2.08. The second-order valence-corrected chi connectivity index (χ2v) is 2.73. The molecule has 1 heterocycles. The molecular weight excluding hydrogens is 168 g/mol. The van der Waals surface area contributed by atoms with Crippen LogP contribution in [0.1, 0.15) is 6.92 Å². The highest BCUT2D eigenvalue weighted by Crippen LogP contribution is 2.04. The van der Waals surface area contributed by atoms with E-state index in [0.717, 1.165) is 4.90 Å². The van der Waals surface area contributed by atoms with Crippen LogP contribution in [-0.4, -0.2) is 35.3 Å². The maximum absolute atomic E-state index is 11.1. The molecule has 5 heteroatoms. The predicted molar refractivity (Wildman–Crippen MR) is 40.4 cm³/mol. The molecule has 1 atom stereocenters. The van der Waals surface area contributed by atoms with Crippen molar-refractivity contribution in [1.82, 2.24) is 10.2 Å². The molecule has 0 spiro atoms. The molecule has 0 aromatic rings. The van der Waals surface area contributed by atoms with E-state index in [1.165, 1.54) is 0 Å². The predicted octanol–water partition coefficient (Wildman–Crippen LogP) is 0.166. The van der Waals surface area contributed by atoms with E-state index in [1.807, 2.05) is 0 Å². The highest BCUT2D eigenvalue weighted by atomic mass is 35.5. The third-order valence-electron chi connectivity index (χ3n) is 1.53. The Morgan fingerprint density at radius 1 is 1.64 bits per heavy atom. The number of halogens is 1. The summed E-state index contributed by atoms with van der Waals surface area (Å²) >= 11 is 5.39. The van der Waals surface area contributed by atoms with Gasteiger partial charge in [-0.05, 0) is 6.92 Å². The maximum atomic E-state index is 11.1. The lowest BCUT2D eigenvalue weighted by atomic mass is 10.3. The molecule has 1 rings (SSSR count). The lowest BCUT2D eigenvalue weighted by molar-refractivity contribution is -0.126. The SMILES string of the molecule is C[C@H]1NC(=O)N(CCCl)C1=O. The summed E-state index contributed by atoms with van der Waals surface area (Å²) in [6, 6.07) is -0.742. The van der Waals surface area contributed by atoms with Crippen LogP contribution in [0.4, 0.5) is 4.79 Å². The van der Waals surface area contributed by atoms with Gasteiger partial charge in [0.2, 0.25) is 0 Å². The smallest absolute Gasteiger partial charge is 0.324 e. The third kappa shape index (κ3) is 1.45. The van der Waals surface area contributed by atoms with Gasteiger partial charge in [0.1, 0.15) is 6.04 Å². The maximum Gasteiger partial charge on any atom is 0.324 e. The van der Waals surface area contributed by atoms with E-state index in [9.17, 15) is 9.59 Å². The number of nitrogens with one attached hydrogen (secondary N) is 1. The summed E-state index contributed by atoms with van der Waals surface area (Å²) < 4.78 is 0. The van der Waals surface area contributed by atoms with Crippen molar-refractivity contribution in [2.75, 3.05) is 12.4 Å². The van der Waals surface area contributed by atoms with Crippen molar-refractivity contribution in [2.24, 2.45) is 0 Å². The quantitative estimate of drug-likeness (QED) is 0.482. The summed E-state index contributed by atoms with van der Waals surface area (Å²) in [6.07, 6.45) is 0. The highest BCUT2D eigenvalue weighted by Gasteiger charge is 2.33. The van der Waals surface area contributed by atoms with Crippen molar-refractivity contribution in [3.05, 3.63) is 0 Å². The van der Waals surface area contributed by atoms with Crippen LogP contribution in [0.15, 0.2) is 0 Å². The Kier molecular flexibility index (Phi) is 2.34. The van der Waals surface area contributed by atoms with Crippen LogP contribution in [-0.2, 0) is 4.79 Å². The summed E-state index contributed by atoms with van der Waals surface area (Å²) in [4.78, 5) is 23.1. The molecule has 1 aliphatic rings. The van der Waals surface area contributed by atoms with Crippen molar-refractivity contribution in [1.29, 1.82) is 0 Å². The number of rotatable bonds is 2. The number of nitrogens with zero attached hydrogens (tertiary/aromatic N) is 1. The van der Waals surface area contributed by atoms with E-state index in [4.69, 9.17) is 11.6 Å². The van der Waals surface area contributed by atoms with Gasteiger partial charge in [0.05, 0.1) is 0 Å². The molecule has 0 aromatic heterocycles. The Balaban J connectivity index is 2.64. The fourth-order valence-corrected chi connectivity index (χ4v) is 1.12. The van der Waals surface area contributed by atoms with Crippen molar-refractivity contribution >= 4 is 23.5 Å². The molecule has 1 N–H and O–H groups in total. The van der Waals surface area contributed by atoms with Crippen LogP contribution in [0.3, 0.4) is 0 Å². The van der Waals surface area contributed by atoms with Gasteiger partial charge in [-0.25, -0.2) is 4.79 Å². The number of urea groups is 1. The normalized spacial score (nSPS) is 24.2. The average molecular weight is 177 g/mol. The van der Waals surface area contributed by atoms with Crippen LogP contribution in [0.5, 0.6) is 0 Å². The largest absolute Gasteiger partial charge is 0.326 e. The summed E-state index contributed by atoms with van der Waals surface area (Å²) in [5.41, 5.74) is 0. The minimum absolute atomic E-state index is 0.198. The van der Waals surface area contributed by atoms with Gasteiger partial charge in [0.25, 0.3) is 5.91 Å². The van der Waals surface area contributed by atoms with E-state index in [0.29, 0.717) is 0 Å². The van der Waals surface area contributed by atoms with Crippen LogP contribution < -0.4 is 5.32 Å². The van der Waals surface area contributed by atoms with E-state index < -0.39 is 6.04 Å². The fourth-order valence-electron chi connectivity index (χ4n) is 0.955. The molecule has 1 aliphatic heterocycles. The minimum atomic E-state index is -0.397. The monoisotopic (exact) mass is 176 g/mol. The molecule has 11 heavy (non-hydrogen) atoms. The molecule has 1 fully saturated rings. The summed E-state index contributed by atoms with van der Waals surface area (Å²) in [7, 11) is 0.